The van der Waals surface area contributed by atoms with Crippen molar-refractivity contribution in [2.24, 2.45) is 0 Å². The van der Waals surface area contributed by atoms with Crippen LogP contribution in [-0.4, -0.2) is 34.0 Å². The largest absolute Gasteiger partial charge is 0.573 e. The van der Waals surface area contributed by atoms with Crippen molar-refractivity contribution in [1.29, 1.82) is 0 Å². The average Bonchev–Trinajstić information content (AvgIpc) is 2.92. The predicted octanol–water partition coefficient (Wildman–Crippen LogP) is 4.95. The molecule has 164 valence electrons. The number of nitrogens with zero attached hydrogens (tertiary/aromatic N) is 1. The van der Waals surface area contributed by atoms with Gasteiger partial charge in [0.2, 0.25) is 5.91 Å². The molecule has 0 spiro atoms. The van der Waals surface area contributed by atoms with E-state index in [-0.39, 0.29) is 18.1 Å². The number of carboxylic acid groups (broad SMARTS) is 1. The summed E-state index contributed by atoms with van der Waals surface area (Å²) in [7, 11) is 0. The highest BCUT2D eigenvalue weighted by molar-refractivity contribution is 5.96. The van der Waals surface area contributed by atoms with Crippen molar-refractivity contribution in [2.45, 2.75) is 39.7 Å². The van der Waals surface area contributed by atoms with Crippen molar-refractivity contribution in [3.8, 4) is 11.5 Å². The molecule has 0 aliphatic heterocycles. The van der Waals surface area contributed by atoms with Gasteiger partial charge in [-0.05, 0) is 61.7 Å². The number of rotatable bonds is 6. The Hall–Kier alpha value is -3.49. The predicted molar refractivity (Wildman–Crippen MR) is 107 cm³/mol. The fraction of sp³-hybridized carbons (Fsp3) is 0.273. The molecule has 0 radical (unpaired) electrons. The molecule has 6 nitrogen and oxygen atoms in total. The molecule has 0 saturated heterocycles. The van der Waals surface area contributed by atoms with Gasteiger partial charge in [-0.2, -0.15) is 0 Å². The first-order chi connectivity index (χ1) is 14.5. The van der Waals surface area contributed by atoms with Crippen LogP contribution in [0.2, 0.25) is 0 Å². The zero-order chi connectivity index (χ0) is 22.9. The SMILES string of the molecule is CC(=O)n1c(C)c(Cc2cccc(O[C@@H](C)C(=O)O)c2)c2cc(OC(F)(F)F)ccc21. The van der Waals surface area contributed by atoms with Crippen LogP contribution in [0, 0.1) is 6.92 Å². The van der Waals surface area contributed by atoms with E-state index in [1.54, 1.807) is 31.2 Å². The summed E-state index contributed by atoms with van der Waals surface area (Å²) in [5, 5.41) is 9.47. The number of hydrogen-bond acceptors (Lipinski definition) is 4. The maximum atomic E-state index is 12.7. The quantitative estimate of drug-likeness (QED) is 0.593. The van der Waals surface area contributed by atoms with Crippen molar-refractivity contribution < 1.29 is 37.3 Å². The fourth-order valence-electron chi connectivity index (χ4n) is 3.48. The third-order valence-corrected chi connectivity index (χ3v) is 4.79. The number of aromatic nitrogens is 1. The molecule has 31 heavy (non-hydrogen) atoms. The molecule has 0 bridgehead atoms. The number of fused-ring (bicyclic) bond motifs is 1. The summed E-state index contributed by atoms with van der Waals surface area (Å²) in [6.45, 7) is 4.49. The minimum Gasteiger partial charge on any atom is -0.479 e. The maximum Gasteiger partial charge on any atom is 0.573 e. The number of hydrogen-bond donors (Lipinski definition) is 1. The molecule has 0 aliphatic rings. The Bertz CT molecular complexity index is 1150. The van der Waals surface area contributed by atoms with Crippen molar-refractivity contribution in [2.75, 3.05) is 0 Å². The van der Waals surface area contributed by atoms with E-state index in [0.29, 0.717) is 27.9 Å². The highest BCUT2D eigenvalue weighted by atomic mass is 19.4. The number of aliphatic carboxylic acids is 1. The lowest BCUT2D eigenvalue weighted by molar-refractivity contribution is -0.274. The Kier molecular flexibility index (Phi) is 5.97. The van der Waals surface area contributed by atoms with Gasteiger partial charge in [0.15, 0.2) is 6.10 Å². The van der Waals surface area contributed by atoms with Gasteiger partial charge < -0.3 is 14.6 Å². The molecule has 0 amide bonds. The summed E-state index contributed by atoms with van der Waals surface area (Å²) in [5.74, 6) is -1.41. The van der Waals surface area contributed by atoms with E-state index in [9.17, 15) is 22.8 Å². The Morgan fingerprint density at radius 3 is 2.45 bits per heavy atom. The number of carboxylic acids is 1. The van der Waals surface area contributed by atoms with Crippen LogP contribution in [0.4, 0.5) is 13.2 Å². The Morgan fingerprint density at radius 1 is 1.13 bits per heavy atom. The van der Waals surface area contributed by atoms with Crippen molar-refractivity contribution in [3.05, 3.63) is 59.3 Å². The number of carbonyl (C=O) groups excluding carboxylic acids is 1. The first kappa shape index (κ1) is 22.2. The topological polar surface area (TPSA) is 77.8 Å². The molecule has 1 heterocycles. The molecule has 0 aliphatic carbocycles. The summed E-state index contributed by atoms with van der Waals surface area (Å²) in [6.07, 6.45) is -5.59. The average molecular weight is 435 g/mol. The Balaban J connectivity index is 2.05. The van der Waals surface area contributed by atoms with Gasteiger partial charge in [-0.25, -0.2) is 4.79 Å². The monoisotopic (exact) mass is 435 g/mol. The molecular formula is C22H20F3NO5. The molecule has 1 atom stereocenters. The van der Waals surface area contributed by atoms with Crippen LogP contribution >= 0.6 is 0 Å². The van der Waals surface area contributed by atoms with Crippen LogP contribution in [-0.2, 0) is 11.2 Å². The summed E-state index contributed by atoms with van der Waals surface area (Å²) >= 11 is 0. The third kappa shape index (κ3) is 4.99. The maximum absolute atomic E-state index is 12.7. The van der Waals surface area contributed by atoms with Crippen molar-refractivity contribution >= 4 is 22.8 Å². The van der Waals surface area contributed by atoms with Gasteiger partial charge in [0, 0.05) is 18.0 Å². The lowest BCUT2D eigenvalue weighted by Crippen LogP contribution is -2.22. The third-order valence-electron chi connectivity index (χ3n) is 4.79. The molecule has 0 saturated carbocycles. The van der Waals surface area contributed by atoms with Gasteiger partial charge in [-0.15, -0.1) is 13.2 Å². The van der Waals surface area contributed by atoms with E-state index in [1.165, 1.54) is 36.6 Å². The number of ether oxygens (including phenoxy) is 2. The highest BCUT2D eigenvalue weighted by Gasteiger charge is 2.31. The number of carbonyl (C=O) groups is 2. The minimum absolute atomic E-state index is 0.273. The molecule has 0 unspecified atom stereocenters. The second-order valence-corrected chi connectivity index (χ2v) is 7.07. The van der Waals surface area contributed by atoms with Gasteiger partial charge in [0.1, 0.15) is 11.5 Å². The van der Waals surface area contributed by atoms with E-state index in [2.05, 4.69) is 4.74 Å². The van der Waals surface area contributed by atoms with Crippen LogP contribution in [0.15, 0.2) is 42.5 Å². The molecule has 3 rings (SSSR count). The first-order valence-corrected chi connectivity index (χ1v) is 9.35. The first-order valence-electron chi connectivity index (χ1n) is 9.35. The van der Waals surface area contributed by atoms with E-state index in [1.807, 2.05) is 0 Å². The van der Waals surface area contributed by atoms with Gasteiger partial charge in [0.05, 0.1) is 5.52 Å². The normalized spacial score (nSPS) is 12.6. The van der Waals surface area contributed by atoms with E-state index in [0.717, 1.165) is 5.56 Å². The highest BCUT2D eigenvalue weighted by Crippen LogP contribution is 2.33. The Labute approximate surface area is 175 Å². The lowest BCUT2D eigenvalue weighted by atomic mass is 10.0. The van der Waals surface area contributed by atoms with Crippen LogP contribution in [0.1, 0.15) is 35.5 Å². The van der Waals surface area contributed by atoms with Crippen LogP contribution in [0.3, 0.4) is 0 Å². The lowest BCUT2D eigenvalue weighted by Gasteiger charge is -2.12. The second-order valence-electron chi connectivity index (χ2n) is 7.07. The zero-order valence-corrected chi connectivity index (χ0v) is 17.0. The summed E-state index contributed by atoms with van der Waals surface area (Å²) in [4.78, 5) is 23.2. The zero-order valence-electron chi connectivity index (χ0n) is 17.0. The van der Waals surface area contributed by atoms with Gasteiger partial charge >= 0.3 is 12.3 Å². The molecule has 1 N–H and O–H groups in total. The number of alkyl halides is 3. The van der Waals surface area contributed by atoms with Gasteiger partial charge in [-0.3, -0.25) is 9.36 Å². The van der Waals surface area contributed by atoms with Crippen molar-refractivity contribution in [1.82, 2.24) is 4.57 Å². The standard InChI is InChI=1S/C22H20F3NO5/c1-12-18(10-15-5-4-6-16(9-15)30-13(2)21(28)29)19-11-17(31-22(23,24)25)7-8-20(19)26(12)14(3)27/h4-9,11,13H,10H2,1-3H3,(H,28,29)/t13-/m0/s1. The van der Waals surface area contributed by atoms with E-state index in [4.69, 9.17) is 9.84 Å². The molecular weight excluding hydrogens is 415 g/mol. The van der Waals surface area contributed by atoms with Crippen LogP contribution < -0.4 is 9.47 Å². The molecule has 1 aromatic heterocycles. The molecule has 3 aromatic rings. The summed E-state index contributed by atoms with van der Waals surface area (Å²) in [6, 6.07) is 10.6. The number of benzene rings is 2. The van der Waals surface area contributed by atoms with Gasteiger partial charge in [0.25, 0.3) is 0 Å². The summed E-state index contributed by atoms with van der Waals surface area (Å²) in [5.41, 5.74) is 2.46. The Morgan fingerprint density at radius 2 is 1.84 bits per heavy atom. The van der Waals surface area contributed by atoms with Crippen molar-refractivity contribution in [3.63, 3.8) is 0 Å². The smallest absolute Gasteiger partial charge is 0.479 e. The number of halogens is 3. The second kappa shape index (κ2) is 8.33. The molecule has 0 fully saturated rings. The summed E-state index contributed by atoms with van der Waals surface area (Å²) < 4.78 is 48.9. The molecule has 2 aromatic carbocycles. The minimum atomic E-state index is -4.83. The van der Waals surface area contributed by atoms with Gasteiger partial charge in [-0.1, -0.05) is 12.1 Å². The van der Waals surface area contributed by atoms with Crippen LogP contribution in [0.5, 0.6) is 11.5 Å². The van der Waals surface area contributed by atoms with E-state index < -0.39 is 18.4 Å². The molecule has 9 heteroatoms. The van der Waals surface area contributed by atoms with E-state index >= 15 is 0 Å². The fourth-order valence-corrected chi connectivity index (χ4v) is 3.48. The van der Waals surface area contributed by atoms with Crippen LogP contribution in [0.25, 0.3) is 10.9 Å².